The van der Waals surface area contributed by atoms with E-state index in [1.54, 1.807) is 23.9 Å². The van der Waals surface area contributed by atoms with E-state index in [1.807, 2.05) is 16.7 Å². The number of benzene rings is 2. The van der Waals surface area contributed by atoms with Gasteiger partial charge >= 0.3 is 0 Å². The first kappa shape index (κ1) is 20.6. The third-order valence-electron chi connectivity index (χ3n) is 5.45. The molecule has 3 aromatic rings. The minimum absolute atomic E-state index is 0.185. The SMILES string of the molecule is Fc1ccc(-n2c(CN3CCCCC3)nnc2SCc2cc(Cl)c3c(c2)OCO3)cc1. The van der Waals surface area contributed by atoms with Gasteiger partial charge in [0.25, 0.3) is 0 Å². The van der Waals surface area contributed by atoms with E-state index in [1.165, 1.54) is 31.4 Å². The van der Waals surface area contributed by atoms with Gasteiger partial charge in [0.05, 0.1) is 11.6 Å². The van der Waals surface area contributed by atoms with Crippen LogP contribution in [0.15, 0.2) is 41.6 Å². The topological polar surface area (TPSA) is 52.4 Å². The van der Waals surface area contributed by atoms with Crippen LogP contribution in [0.2, 0.25) is 5.02 Å². The second-order valence-corrected chi connectivity index (χ2v) is 9.00. The molecule has 0 N–H and O–H groups in total. The summed E-state index contributed by atoms with van der Waals surface area (Å²) < 4.78 is 26.4. The first-order chi connectivity index (χ1) is 15.2. The van der Waals surface area contributed by atoms with E-state index < -0.39 is 0 Å². The Morgan fingerprint density at radius 1 is 1.03 bits per heavy atom. The number of likely N-dealkylation sites (tertiary alicyclic amines) is 1. The molecule has 0 bridgehead atoms. The molecular weight excluding hydrogens is 439 g/mol. The Bertz CT molecular complexity index is 1070. The molecule has 9 heteroatoms. The standard InChI is InChI=1S/C22H22ClFN4O2S/c23-18-10-15(11-19-21(18)30-14-29-19)13-31-22-26-25-20(12-27-8-2-1-3-9-27)28(22)17-6-4-16(24)5-7-17/h4-7,10-11H,1-3,8-9,12-14H2. The molecular formula is C22H22ClFN4O2S. The maximum atomic E-state index is 13.5. The summed E-state index contributed by atoms with van der Waals surface area (Å²) in [6.07, 6.45) is 3.69. The van der Waals surface area contributed by atoms with Gasteiger partial charge in [0.15, 0.2) is 22.5 Å². The lowest BCUT2D eigenvalue weighted by atomic mass is 10.1. The first-order valence-electron chi connectivity index (χ1n) is 10.3. The van der Waals surface area contributed by atoms with E-state index in [0.717, 1.165) is 41.9 Å². The van der Waals surface area contributed by atoms with Crippen molar-refractivity contribution in [1.82, 2.24) is 19.7 Å². The van der Waals surface area contributed by atoms with Crippen LogP contribution >= 0.6 is 23.4 Å². The Kier molecular flexibility index (Phi) is 6.02. The summed E-state index contributed by atoms with van der Waals surface area (Å²) in [6, 6.07) is 10.3. The van der Waals surface area contributed by atoms with Crippen molar-refractivity contribution < 1.29 is 13.9 Å². The fraction of sp³-hybridized carbons (Fsp3) is 0.364. The van der Waals surface area contributed by atoms with Crippen LogP contribution in [0.5, 0.6) is 11.5 Å². The second-order valence-electron chi connectivity index (χ2n) is 7.65. The zero-order valence-corrected chi connectivity index (χ0v) is 18.5. The molecule has 3 heterocycles. The number of rotatable bonds is 6. The molecule has 0 atom stereocenters. The lowest BCUT2D eigenvalue weighted by Crippen LogP contribution is -2.30. The van der Waals surface area contributed by atoms with Gasteiger partial charge in [-0.2, -0.15) is 0 Å². The summed E-state index contributed by atoms with van der Waals surface area (Å²) in [6.45, 7) is 3.04. The molecule has 1 saturated heterocycles. The molecule has 0 radical (unpaired) electrons. The molecule has 0 saturated carbocycles. The maximum absolute atomic E-state index is 13.5. The van der Waals surface area contributed by atoms with Gasteiger partial charge in [-0.15, -0.1) is 10.2 Å². The van der Waals surface area contributed by atoms with Gasteiger partial charge in [0.1, 0.15) is 5.82 Å². The van der Waals surface area contributed by atoms with Crippen LogP contribution in [0.3, 0.4) is 0 Å². The zero-order chi connectivity index (χ0) is 21.2. The van der Waals surface area contributed by atoms with Gasteiger partial charge in [-0.3, -0.25) is 9.47 Å². The number of thioether (sulfide) groups is 1. The second kappa shape index (κ2) is 9.06. The number of nitrogens with zero attached hydrogens (tertiary/aromatic N) is 4. The van der Waals surface area contributed by atoms with Gasteiger partial charge in [-0.25, -0.2) is 4.39 Å². The Labute approximate surface area is 189 Å². The van der Waals surface area contributed by atoms with Crippen molar-refractivity contribution in [2.75, 3.05) is 19.9 Å². The number of aromatic nitrogens is 3. The van der Waals surface area contributed by atoms with Gasteiger partial charge in [0.2, 0.25) is 6.79 Å². The van der Waals surface area contributed by atoms with Crippen molar-refractivity contribution in [2.45, 2.75) is 36.7 Å². The van der Waals surface area contributed by atoms with Crippen LogP contribution in [0.1, 0.15) is 30.7 Å². The molecule has 6 nitrogen and oxygen atoms in total. The largest absolute Gasteiger partial charge is 0.454 e. The van der Waals surface area contributed by atoms with Crippen LogP contribution in [0, 0.1) is 5.82 Å². The van der Waals surface area contributed by atoms with Crippen LogP contribution in [0.4, 0.5) is 4.39 Å². The van der Waals surface area contributed by atoms with Crippen molar-refractivity contribution in [3.63, 3.8) is 0 Å². The van der Waals surface area contributed by atoms with Gasteiger partial charge in [-0.05, 0) is 67.9 Å². The molecule has 162 valence electrons. The number of hydrogen-bond acceptors (Lipinski definition) is 6. The Morgan fingerprint density at radius 2 is 1.84 bits per heavy atom. The predicted octanol–water partition coefficient (Wildman–Crippen LogP) is 5.07. The molecule has 5 rings (SSSR count). The molecule has 0 amide bonds. The molecule has 1 aromatic heterocycles. The summed E-state index contributed by atoms with van der Waals surface area (Å²) >= 11 is 7.88. The lowest BCUT2D eigenvalue weighted by Gasteiger charge is -2.26. The third-order valence-corrected chi connectivity index (χ3v) is 6.73. The van der Waals surface area contributed by atoms with Gasteiger partial charge in [0, 0.05) is 11.4 Å². The van der Waals surface area contributed by atoms with Crippen LogP contribution in [-0.4, -0.2) is 39.5 Å². The summed E-state index contributed by atoms with van der Waals surface area (Å²) in [7, 11) is 0. The van der Waals surface area contributed by atoms with E-state index in [-0.39, 0.29) is 12.6 Å². The van der Waals surface area contributed by atoms with Crippen molar-refractivity contribution >= 4 is 23.4 Å². The third kappa shape index (κ3) is 4.51. The summed E-state index contributed by atoms with van der Waals surface area (Å²) in [5.74, 6) is 2.49. The van der Waals surface area contributed by atoms with E-state index in [9.17, 15) is 4.39 Å². The number of halogens is 2. The number of fused-ring (bicyclic) bond motifs is 1. The molecule has 2 aromatic carbocycles. The zero-order valence-electron chi connectivity index (χ0n) is 16.9. The Balaban J connectivity index is 1.41. The van der Waals surface area contributed by atoms with Gasteiger partial charge < -0.3 is 9.47 Å². The normalized spacial score (nSPS) is 16.1. The van der Waals surface area contributed by atoms with Crippen LogP contribution < -0.4 is 9.47 Å². The van der Waals surface area contributed by atoms with Crippen molar-refractivity contribution in [3.05, 3.63) is 58.6 Å². The quantitative estimate of drug-likeness (QED) is 0.479. The average Bonchev–Trinajstić information content (AvgIpc) is 3.41. The van der Waals surface area contributed by atoms with Crippen LogP contribution in [0.25, 0.3) is 5.69 Å². The van der Waals surface area contributed by atoms with E-state index in [0.29, 0.717) is 22.3 Å². The molecule has 31 heavy (non-hydrogen) atoms. The summed E-state index contributed by atoms with van der Waals surface area (Å²) in [4.78, 5) is 2.40. The molecule has 2 aliphatic rings. The summed E-state index contributed by atoms with van der Waals surface area (Å²) in [5.41, 5.74) is 1.86. The highest BCUT2D eigenvalue weighted by Crippen LogP contribution is 2.41. The number of ether oxygens (including phenoxy) is 2. The highest BCUT2D eigenvalue weighted by Gasteiger charge is 2.21. The van der Waals surface area contributed by atoms with E-state index in [2.05, 4.69) is 15.1 Å². The first-order valence-corrected chi connectivity index (χ1v) is 11.7. The van der Waals surface area contributed by atoms with Crippen molar-refractivity contribution in [1.29, 1.82) is 0 Å². The minimum Gasteiger partial charge on any atom is -0.454 e. The Morgan fingerprint density at radius 3 is 2.65 bits per heavy atom. The highest BCUT2D eigenvalue weighted by molar-refractivity contribution is 7.98. The number of piperidine rings is 1. The van der Waals surface area contributed by atoms with Crippen molar-refractivity contribution in [3.8, 4) is 17.2 Å². The minimum atomic E-state index is -0.265. The monoisotopic (exact) mass is 460 g/mol. The predicted molar refractivity (Wildman–Crippen MR) is 118 cm³/mol. The molecule has 0 unspecified atom stereocenters. The molecule has 0 aliphatic carbocycles. The summed E-state index contributed by atoms with van der Waals surface area (Å²) in [5, 5.41) is 10.2. The fourth-order valence-corrected chi connectivity index (χ4v) is 5.10. The number of hydrogen-bond donors (Lipinski definition) is 0. The van der Waals surface area contributed by atoms with Crippen molar-refractivity contribution in [2.24, 2.45) is 0 Å². The smallest absolute Gasteiger partial charge is 0.231 e. The van der Waals surface area contributed by atoms with Crippen LogP contribution in [-0.2, 0) is 12.3 Å². The molecule has 2 aliphatic heterocycles. The van der Waals surface area contributed by atoms with E-state index >= 15 is 0 Å². The molecule has 0 spiro atoms. The maximum Gasteiger partial charge on any atom is 0.231 e. The molecule has 1 fully saturated rings. The fourth-order valence-electron chi connectivity index (χ4n) is 3.92. The Hall–Kier alpha value is -2.29. The highest BCUT2D eigenvalue weighted by atomic mass is 35.5. The lowest BCUT2D eigenvalue weighted by molar-refractivity contribution is 0.174. The average molecular weight is 461 g/mol. The van der Waals surface area contributed by atoms with Gasteiger partial charge in [-0.1, -0.05) is 29.8 Å². The van der Waals surface area contributed by atoms with E-state index in [4.69, 9.17) is 21.1 Å².